The lowest BCUT2D eigenvalue weighted by Gasteiger charge is -2.34. The highest BCUT2D eigenvalue weighted by Gasteiger charge is 2.56. The zero-order valence-electron chi connectivity index (χ0n) is 17.6. The average Bonchev–Trinajstić information content (AvgIpc) is 3.04. The Kier molecular flexibility index (Phi) is 7.26. The number of benzene rings is 1. The fourth-order valence-electron chi connectivity index (χ4n) is 4.87. The molecule has 1 aromatic carbocycles. The van der Waals surface area contributed by atoms with E-state index in [2.05, 4.69) is 17.6 Å². The van der Waals surface area contributed by atoms with E-state index in [9.17, 15) is 19.5 Å². The van der Waals surface area contributed by atoms with Gasteiger partial charge in [0, 0.05) is 26.1 Å². The Hall–Kier alpha value is -2.67. The Labute approximate surface area is 177 Å². The van der Waals surface area contributed by atoms with Crippen molar-refractivity contribution in [2.24, 2.45) is 23.7 Å². The van der Waals surface area contributed by atoms with Crippen LogP contribution in [0, 0.1) is 23.7 Å². The highest BCUT2D eigenvalue weighted by atomic mass is 16.3. The Morgan fingerprint density at radius 3 is 2.50 bits per heavy atom. The van der Waals surface area contributed by atoms with Crippen molar-refractivity contribution in [2.75, 3.05) is 20.2 Å². The predicted octanol–water partition coefficient (Wildman–Crippen LogP) is 1.09. The van der Waals surface area contributed by atoms with Crippen LogP contribution in [0.2, 0.25) is 0 Å². The summed E-state index contributed by atoms with van der Waals surface area (Å²) in [4.78, 5) is 40.6. The van der Waals surface area contributed by atoms with Crippen molar-refractivity contribution in [3.05, 3.63) is 48.0 Å². The molecule has 5 atom stereocenters. The van der Waals surface area contributed by atoms with Gasteiger partial charge >= 0.3 is 0 Å². The molecule has 0 bridgehead atoms. The smallest absolute Gasteiger partial charge is 0.243 e. The molecule has 3 rings (SSSR count). The maximum absolute atomic E-state index is 13.3. The third kappa shape index (κ3) is 4.26. The third-order valence-electron chi connectivity index (χ3n) is 6.20. The van der Waals surface area contributed by atoms with Gasteiger partial charge in [-0.25, -0.2) is 0 Å². The van der Waals surface area contributed by atoms with E-state index in [1.807, 2.05) is 42.5 Å². The zero-order chi connectivity index (χ0) is 21.7. The molecule has 1 aromatic rings. The number of allylic oxidation sites excluding steroid dienone is 1. The zero-order valence-corrected chi connectivity index (χ0v) is 17.6. The van der Waals surface area contributed by atoms with Gasteiger partial charge in [-0.1, -0.05) is 55.8 Å². The molecular formula is C23H31N3O4. The first-order chi connectivity index (χ1) is 14.5. The van der Waals surface area contributed by atoms with Crippen LogP contribution in [-0.2, 0) is 20.9 Å². The summed E-state index contributed by atoms with van der Waals surface area (Å²) in [5, 5.41) is 15.1. The number of β-amino-alcohol motifs (C(OH)–C–C–N with tert-alkyl or cyclic N) is 1. The summed E-state index contributed by atoms with van der Waals surface area (Å²) in [6.07, 6.45) is 5.63. The molecule has 0 aromatic heterocycles. The van der Waals surface area contributed by atoms with Gasteiger partial charge in [0.15, 0.2) is 0 Å². The van der Waals surface area contributed by atoms with Crippen molar-refractivity contribution >= 4 is 17.7 Å². The highest BCUT2D eigenvalue weighted by molar-refractivity contribution is 5.96. The minimum Gasteiger partial charge on any atom is -0.395 e. The molecule has 2 aliphatic rings. The van der Waals surface area contributed by atoms with Crippen molar-refractivity contribution < 1.29 is 19.5 Å². The van der Waals surface area contributed by atoms with E-state index in [4.69, 9.17) is 0 Å². The molecule has 1 aliphatic heterocycles. The maximum atomic E-state index is 13.3. The number of carbonyl (C=O) groups is 3. The summed E-state index contributed by atoms with van der Waals surface area (Å²) >= 11 is 0. The summed E-state index contributed by atoms with van der Waals surface area (Å²) in [5.74, 6) is -2.20. The van der Waals surface area contributed by atoms with Crippen LogP contribution in [0.5, 0.6) is 0 Å². The number of hydrogen-bond acceptors (Lipinski definition) is 4. The average molecular weight is 414 g/mol. The Bertz CT molecular complexity index is 795. The van der Waals surface area contributed by atoms with Crippen LogP contribution < -0.4 is 10.6 Å². The second-order valence-electron chi connectivity index (χ2n) is 7.98. The minimum atomic E-state index is -0.732. The molecule has 1 aliphatic carbocycles. The molecule has 0 unspecified atom stereocenters. The van der Waals surface area contributed by atoms with Crippen LogP contribution in [0.3, 0.4) is 0 Å². The molecule has 0 radical (unpaired) electrons. The molecule has 3 N–H and O–H groups in total. The fraction of sp³-hybridized carbons (Fsp3) is 0.522. The molecule has 1 fully saturated rings. The summed E-state index contributed by atoms with van der Waals surface area (Å²) in [7, 11) is 1.58. The van der Waals surface area contributed by atoms with Crippen molar-refractivity contribution in [1.29, 1.82) is 0 Å². The van der Waals surface area contributed by atoms with E-state index in [-0.39, 0.29) is 36.8 Å². The molecular weight excluding hydrogens is 382 g/mol. The van der Waals surface area contributed by atoms with E-state index in [0.29, 0.717) is 6.54 Å². The van der Waals surface area contributed by atoms with E-state index in [0.717, 1.165) is 18.4 Å². The topological polar surface area (TPSA) is 98.7 Å². The van der Waals surface area contributed by atoms with Crippen LogP contribution in [0.1, 0.15) is 25.3 Å². The fourth-order valence-corrected chi connectivity index (χ4v) is 4.87. The number of hydrogen-bond donors (Lipinski definition) is 3. The van der Waals surface area contributed by atoms with Gasteiger partial charge in [0.2, 0.25) is 17.7 Å². The van der Waals surface area contributed by atoms with Gasteiger partial charge in [-0.3, -0.25) is 14.4 Å². The molecule has 0 saturated carbocycles. The number of fused-ring (bicyclic) bond motifs is 1. The van der Waals surface area contributed by atoms with Crippen LogP contribution in [0.15, 0.2) is 42.5 Å². The molecule has 3 amide bonds. The quantitative estimate of drug-likeness (QED) is 0.556. The molecule has 30 heavy (non-hydrogen) atoms. The molecule has 1 saturated heterocycles. The lowest BCUT2D eigenvalue weighted by molar-refractivity contribution is -0.141. The standard InChI is InChI=1S/C23H31N3O4/c1-3-7-16-10-11-17-19(18(16)21(28)24-2)23(30)26(12-13-27)20(17)22(29)25-14-15-8-5-4-6-9-15/h4-6,8-11,16-20,27H,3,7,12-14H2,1-2H3,(H,24,28)(H,25,29)/t16-,17+,18-,19-,20+/m1/s1. The van der Waals surface area contributed by atoms with Crippen LogP contribution >= 0.6 is 0 Å². The van der Waals surface area contributed by atoms with Gasteiger partial charge in [-0.15, -0.1) is 0 Å². The minimum absolute atomic E-state index is 0.0396. The van der Waals surface area contributed by atoms with Crippen LogP contribution in [0.25, 0.3) is 0 Å². The van der Waals surface area contributed by atoms with Gasteiger partial charge in [0.25, 0.3) is 0 Å². The van der Waals surface area contributed by atoms with Crippen LogP contribution in [-0.4, -0.2) is 54.0 Å². The van der Waals surface area contributed by atoms with Crippen molar-refractivity contribution in [3.63, 3.8) is 0 Å². The summed E-state index contributed by atoms with van der Waals surface area (Å²) in [5.41, 5.74) is 0.964. The number of aliphatic hydroxyl groups excluding tert-OH is 1. The first kappa shape index (κ1) is 22.0. The van der Waals surface area contributed by atoms with Gasteiger partial charge in [-0.2, -0.15) is 0 Å². The number of nitrogens with one attached hydrogen (secondary N) is 2. The molecule has 1 heterocycles. The van der Waals surface area contributed by atoms with E-state index in [1.54, 1.807) is 7.05 Å². The monoisotopic (exact) mass is 413 g/mol. The number of carbonyl (C=O) groups excluding carboxylic acids is 3. The van der Waals surface area contributed by atoms with Crippen molar-refractivity contribution in [2.45, 2.75) is 32.4 Å². The predicted molar refractivity (Wildman–Crippen MR) is 113 cm³/mol. The SMILES string of the molecule is CCC[C@@H]1C=C[C@H]2[C@@H](C(=O)N(CCO)[C@@H]2C(=O)NCc2ccccc2)[C@@H]1C(=O)NC. The molecule has 0 spiro atoms. The maximum Gasteiger partial charge on any atom is 0.243 e. The van der Waals surface area contributed by atoms with E-state index in [1.165, 1.54) is 4.90 Å². The second kappa shape index (κ2) is 9.89. The second-order valence-corrected chi connectivity index (χ2v) is 7.98. The van der Waals surface area contributed by atoms with Gasteiger partial charge in [0.05, 0.1) is 18.4 Å². The molecule has 7 nitrogen and oxygen atoms in total. The van der Waals surface area contributed by atoms with Gasteiger partial charge < -0.3 is 20.6 Å². The molecule has 162 valence electrons. The first-order valence-electron chi connectivity index (χ1n) is 10.7. The lowest BCUT2D eigenvalue weighted by atomic mass is 9.68. The third-order valence-corrected chi connectivity index (χ3v) is 6.20. The normalized spacial score (nSPS) is 27.6. The Balaban J connectivity index is 1.88. The lowest BCUT2D eigenvalue weighted by Crippen LogP contribution is -2.48. The number of amides is 3. The van der Waals surface area contributed by atoms with E-state index >= 15 is 0 Å². The number of nitrogens with zero attached hydrogens (tertiary/aromatic N) is 1. The van der Waals surface area contributed by atoms with Gasteiger partial charge in [-0.05, 0) is 17.9 Å². The van der Waals surface area contributed by atoms with Crippen molar-refractivity contribution in [1.82, 2.24) is 15.5 Å². The van der Waals surface area contributed by atoms with Crippen molar-refractivity contribution in [3.8, 4) is 0 Å². The largest absolute Gasteiger partial charge is 0.395 e. The summed E-state index contributed by atoms with van der Waals surface area (Å²) < 4.78 is 0. The molecule has 7 heteroatoms. The summed E-state index contributed by atoms with van der Waals surface area (Å²) in [6, 6.07) is 8.83. The first-order valence-corrected chi connectivity index (χ1v) is 10.7. The van der Waals surface area contributed by atoms with Gasteiger partial charge in [0.1, 0.15) is 6.04 Å². The van der Waals surface area contributed by atoms with Crippen LogP contribution in [0.4, 0.5) is 0 Å². The Morgan fingerprint density at radius 1 is 1.13 bits per heavy atom. The number of rotatable bonds is 8. The van der Waals surface area contributed by atoms with E-state index < -0.39 is 23.8 Å². The Morgan fingerprint density at radius 2 is 1.87 bits per heavy atom. The highest BCUT2D eigenvalue weighted by Crippen LogP contribution is 2.45. The number of aliphatic hydroxyl groups is 1. The summed E-state index contributed by atoms with van der Waals surface area (Å²) in [6.45, 7) is 2.24. The number of likely N-dealkylation sites (tertiary alicyclic amines) is 1.